The predicted molar refractivity (Wildman–Crippen MR) is 106 cm³/mol. The lowest BCUT2D eigenvalue weighted by molar-refractivity contribution is -0.114. The van der Waals surface area contributed by atoms with Gasteiger partial charge in [0.15, 0.2) is 9.84 Å². The largest absolute Gasteiger partial charge is 0.497 e. The van der Waals surface area contributed by atoms with Crippen molar-refractivity contribution >= 4 is 32.8 Å². The molecule has 3 aromatic rings. The van der Waals surface area contributed by atoms with Crippen molar-refractivity contribution < 1.29 is 17.9 Å². The Morgan fingerprint density at radius 2 is 1.93 bits per heavy atom. The molecule has 2 aromatic carbocycles. The fourth-order valence-electron chi connectivity index (χ4n) is 2.49. The molecule has 1 heterocycles. The Bertz CT molecular complexity index is 1060. The Kier molecular flexibility index (Phi) is 5.57. The molecule has 1 aromatic heterocycles. The van der Waals surface area contributed by atoms with Crippen LogP contribution in [0.5, 0.6) is 5.75 Å². The van der Waals surface area contributed by atoms with Crippen LogP contribution in [0.15, 0.2) is 58.8 Å². The average molecular weight is 402 g/mol. The highest BCUT2D eigenvalue weighted by Gasteiger charge is 2.18. The lowest BCUT2D eigenvalue weighted by atomic mass is 10.2. The van der Waals surface area contributed by atoms with Crippen LogP contribution in [0.25, 0.3) is 10.6 Å². The van der Waals surface area contributed by atoms with Crippen LogP contribution in [0.1, 0.15) is 12.6 Å². The van der Waals surface area contributed by atoms with Gasteiger partial charge in [-0.2, -0.15) is 0 Å². The highest BCUT2D eigenvalue weighted by atomic mass is 32.2. The Morgan fingerprint density at radius 1 is 1.19 bits per heavy atom. The molecule has 6 nitrogen and oxygen atoms in total. The van der Waals surface area contributed by atoms with E-state index in [-0.39, 0.29) is 16.6 Å². The summed E-state index contributed by atoms with van der Waals surface area (Å²) >= 11 is 1.39. The number of hydrogen-bond acceptors (Lipinski definition) is 6. The van der Waals surface area contributed by atoms with Gasteiger partial charge in [-0.1, -0.05) is 12.1 Å². The number of aromatic nitrogens is 1. The molecule has 140 valence electrons. The van der Waals surface area contributed by atoms with E-state index in [4.69, 9.17) is 4.74 Å². The van der Waals surface area contributed by atoms with Crippen molar-refractivity contribution in [3.05, 3.63) is 59.6 Å². The Hall–Kier alpha value is -2.71. The number of methoxy groups -OCH3 is 1. The normalized spacial score (nSPS) is 11.2. The molecule has 0 atom stereocenters. The van der Waals surface area contributed by atoms with E-state index >= 15 is 0 Å². The van der Waals surface area contributed by atoms with E-state index in [2.05, 4.69) is 10.3 Å². The summed E-state index contributed by atoms with van der Waals surface area (Å²) in [4.78, 5) is 15.7. The lowest BCUT2D eigenvalue weighted by Crippen LogP contribution is -2.07. The number of carbonyl (C=O) groups is 1. The van der Waals surface area contributed by atoms with Gasteiger partial charge in [0.25, 0.3) is 0 Å². The van der Waals surface area contributed by atoms with Gasteiger partial charge in [0.2, 0.25) is 5.91 Å². The van der Waals surface area contributed by atoms with Gasteiger partial charge in [-0.25, -0.2) is 13.4 Å². The molecule has 0 saturated carbocycles. The number of ether oxygens (including phenoxy) is 1. The number of sulfone groups is 1. The van der Waals surface area contributed by atoms with Crippen molar-refractivity contribution in [2.24, 2.45) is 0 Å². The first kappa shape index (κ1) is 19.1. The number of carbonyl (C=O) groups excluding carboxylic acids is 1. The molecule has 0 aliphatic carbocycles. The number of hydrogen-bond donors (Lipinski definition) is 1. The smallest absolute Gasteiger partial charge is 0.221 e. The van der Waals surface area contributed by atoms with Crippen molar-refractivity contribution in [1.29, 1.82) is 0 Å². The molecular formula is C19H18N2O4S2. The van der Waals surface area contributed by atoms with Crippen LogP contribution in [-0.4, -0.2) is 26.4 Å². The molecule has 0 radical (unpaired) electrons. The van der Waals surface area contributed by atoms with E-state index < -0.39 is 9.84 Å². The Balaban J connectivity index is 1.78. The highest BCUT2D eigenvalue weighted by molar-refractivity contribution is 7.90. The number of rotatable bonds is 6. The third-order valence-corrected chi connectivity index (χ3v) is 6.35. The van der Waals surface area contributed by atoms with Crippen LogP contribution in [0.3, 0.4) is 0 Å². The fourth-order valence-corrected chi connectivity index (χ4v) is 4.67. The molecule has 0 unspecified atom stereocenters. The van der Waals surface area contributed by atoms with Gasteiger partial charge in [-0.15, -0.1) is 11.3 Å². The molecule has 1 amide bonds. The van der Waals surface area contributed by atoms with Crippen LogP contribution in [0, 0.1) is 0 Å². The van der Waals surface area contributed by atoms with Crippen LogP contribution in [-0.2, 0) is 20.4 Å². The van der Waals surface area contributed by atoms with E-state index in [1.807, 2.05) is 24.3 Å². The third-order valence-electron chi connectivity index (χ3n) is 3.74. The standard InChI is InChI=1S/C19H18N2O4S2/c1-13(22)20-15-6-8-18(9-7-15)27(23,24)12-16-11-26-19(21-16)14-4-3-5-17(10-14)25-2/h3-11H,12H2,1-2H3,(H,20,22). The third kappa shape index (κ3) is 4.72. The molecule has 27 heavy (non-hydrogen) atoms. The van der Waals surface area contributed by atoms with Gasteiger partial charge >= 0.3 is 0 Å². The first-order chi connectivity index (χ1) is 12.9. The van der Waals surface area contributed by atoms with Gasteiger partial charge in [0.05, 0.1) is 23.5 Å². The van der Waals surface area contributed by atoms with Gasteiger partial charge in [-0.3, -0.25) is 4.79 Å². The average Bonchev–Trinajstić information content (AvgIpc) is 3.09. The van der Waals surface area contributed by atoms with Crippen LogP contribution in [0.4, 0.5) is 5.69 Å². The van der Waals surface area contributed by atoms with Crippen molar-refractivity contribution in [3.8, 4) is 16.3 Å². The first-order valence-electron chi connectivity index (χ1n) is 8.06. The summed E-state index contributed by atoms with van der Waals surface area (Å²) in [7, 11) is -1.94. The molecule has 0 bridgehead atoms. The maximum absolute atomic E-state index is 12.6. The van der Waals surface area contributed by atoms with E-state index in [9.17, 15) is 13.2 Å². The molecule has 0 spiro atoms. The monoisotopic (exact) mass is 402 g/mol. The van der Waals surface area contributed by atoms with Crippen LogP contribution < -0.4 is 10.1 Å². The highest BCUT2D eigenvalue weighted by Crippen LogP contribution is 2.28. The SMILES string of the molecule is COc1cccc(-c2nc(CS(=O)(=O)c3ccc(NC(C)=O)cc3)cs2)c1. The van der Waals surface area contributed by atoms with Gasteiger partial charge in [0.1, 0.15) is 10.8 Å². The summed E-state index contributed by atoms with van der Waals surface area (Å²) in [5.74, 6) is 0.321. The summed E-state index contributed by atoms with van der Waals surface area (Å²) in [5, 5.41) is 5.09. The number of nitrogens with one attached hydrogen (secondary N) is 1. The zero-order chi connectivity index (χ0) is 19.4. The minimum Gasteiger partial charge on any atom is -0.497 e. The zero-order valence-corrected chi connectivity index (χ0v) is 16.4. The Labute approximate surface area is 161 Å². The minimum atomic E-state index is -3.53. The van der Waals surface area contributed by atoms with E-state index in [0.29, 0.717) is 11.4 Å². The summed E-state index contributed by atoms with van der Waals surface area (Å²) in [6.45, 7) is 1.40. The molecule has 0 fully saturated rings. The summed E-state index contributed by atoms with van der Waals surface area (Å²) in [5.41, 5.74) is 1.92. The molecule has 0 aliphatic rings. The summed E-state index contributed by atoms with van der Waals surface area (Å²) in [6, 6.07) is 13.6. The van der Waals surface area contributed by atoms with Crippen LogP contribution in [0.2, 0.25) is 0 Å². The number of anilines is 1. The second-order valence-electron chi connectivity index (χ2n) is 5.84. The topological polar surface area (TPSA) is 85.4 Å². The number of thiazole rings is 1. The molecule has 1 N–H and O–H groups in total. The van der Waals surface area contributed by atoms with Crippen molar-refractivity contribution in [2.45, 2.75) is 17.6 Å². The lowest BCUT2D eigenvalue weighted by Gasteiger charge is -2.05. The second kappa shape index (κ2) is 7.89. The minimum absolute atomic E-state index is 0.188. The maximum atomic E-state index is 12.6. The summed E-state index contributed by atoms with van der Waals surface area (Å²) < 4.78 is 30.5. The number of nitrogens with zero attached hydrogens (tertiary/aromatic N) is 1. The molecule has 0 aliphatic heterocycles. The number of benzene rings is 2. The van der Waals surface area contributed by atoms with E-state index in [0.717, 1.165) is 16.3 Å². The number of amides is 1. The van der Waals surface area contributed by atoms with Gasteiger partial charge < -0.3 is 10.1 Å². The molecular weight excluding hydrogens is 384 g/mol. The predicted octanol–water partition coefficient (Wildman–Crippen LogP) is 3.75. The summed E-state index contributed by atoms with van der Waals surface area (Å²) in [6.07, 6.45) is 0. The first-order valence-corrected chi connectivity index (χ1v) is 10.6. The van der Waals surface area contributed by atoms with Gasteiger partial charge in [-0.05, 0) is 36.4 Å². The fraction of sp³-hybridized carbons (Fsp3) is 0.158. The quantitative estimate of drug-likeness (QED) is 0.679. The van der Waals surface area contributed by atoms with Gasteiger partial charge in [0, 0.05) is 23.6 Å². The van der Waals surface area contributed by atoms with Crippen molar-refractivity contribution in [3.63, 3.8) is 0 Å². The molecule has 8 heteroatoms. The van der Waals surface area contributed by atoms with Crippen molar-refractivity contribution in [1.82, 2.24) is 4.98 Å². The second-order valence-corrected chi connectivity index (χ2v) is 8.69. The van der Waals surface area contributed by atoms with Crippen LogP contribution >= 0.6 is 11.3 Å². The van der Waals surface area contributed by atoms with Crippen molar-refractivity contribution in [2.75, 3.05) is 12.4 Å². The van der Waals surface area contributed by atoms with E-state index in [1.54, 1.807) is 24.6 Å². The maximum Gasteiger partial charge on any atom is 0.221 e. The molecule has 0 saturated heterocycles. The molecule has 3 rings (SSSR count). The zero-order valence-electron chi connectivity index (χ0n) is 14.8. The van der Waals surface area contributed by atoms with E-state index in [1.165, 1.54) is 30.4 Å². The Morgan fingerprint density at radius 3 is 2.59 bits per heavy atom.